The van der Waals surface area contributed by atoms with Gasteiger partial charge in [0.1, 0.15) is 28.1 Å². The minimum Gasteiger partial charge on any atom is -0.362 e. The van der Waals surface area contributed by atoms with Crippen LogP contribution in [-0.2, 0) is 33.2 Å². The van der Waals surface area contributed by atoms with Crippen molar-refractivity contribution in [3.05, 3.63) is 94.9 Å². The van der Waals surface area contributed by atoms with E-state index >= 15 is 0 Å². The summed E-state index contributed by atoms with van der Waals surface area (Å²) in [5.41, 5.74) is 4.90. The van der Waals surface area contributed by atoms with Crippen LogP contribution in [0.25, 0.3) is 0 Å². The minimum absolute atomic E-state index is 0.162. The zero-order valence-electron chi connectivity index (χ0n) is 19.7. The molecule has 0 aliphatic carbocycles. The molecule has 2 aliphatic rings. The lowest BCUT2D eigenvalue weighted by Gasteiger charge is -2.25. The normalized spacial score (nSPS) is 22.1. The number of fused-ring (bicyclic) bond motifs is 1. The van der Waals surface area contributed by atoms with Crippen LogP contribution in [0.2, 0.25) is 0 Å². The van der Waals surface area contributed by atoms with Crippen LogP contribution < -0.4 is 20.1 Å². The Morgan fingerprint density at radius 1 is 1.11 bits per heavy atom. The number of para-hydroxylation sites is 2. The van der Waals surface area contributed by atoms with Gasteiger partial charge in [-0.05, 0) is 55.2 Å². The second-order valence-corrected chi connectivity index (χ2v) is 10.9. The molecule has 4 rings (SSSR count). The summed E-state index contributed by atoms with van der Waals surface area (Å²) in [5, 5.41) is 8.30. The summed E-state index contributed by atoms with van der Waals surface area (Å²) < 4.78 is 30.8. The first-order valence-electron chi connectivity index (χ1n) is 11.5. The first kappa shape index (κ1) is 25.1. The van der Waals surface area contributed by atoms with Gasteiger partial charge in [-0.2, -0.15) is 0 Å². The molecule has 1 amide bonds. The van der Waals surface area contributed by atoms with E-state index in [4.69, 9.17) is 0 Å². The Hall–Kier alpha value is -3.01. The molecule has 184 valence electrons. The maximum atomic E-state index is 12.9. The second kappa shape index (κ2) is 11.6. The average Bonchev–Trinajstić information content (AvgIpc) is 3.44. The van der Waals surface area contributed by atoms with Crippen molar-refractivity contribution in [1.29, 1.82) is 0 Å². The molecule has 4 unspecified atom stereocenters. The second-order valence-electron chi connectivity index (χ2n) is 8.39. The molecule has 4 atom stereocenters. The molecule has 1 saturated heterocycles. The standard InChI is InChI=1S/C26H30N4O3S2/c1-3-7-18(4-2)14-15-34(32)29-23(26-27-21-8-5-6-9-22(21)28-26)16-19-10-12-20(13-11-19)24-17-25(31)30-35(24)33/h3-15,23-24,26-29H,16-17H2,1-2H3,(H,30,31)/b7-3-,15-14+,18-4+. The summed E-state index contributed by atoms with van der Waals surface area (Å²) in [7, 11) is -2.79. The monoisotopic (exact) mass is 510 g/mol. The number of hydrogen-bond acceptors (Lipinski definition) is 5. The largest absolute Gasteiger partial charge is 0.362 e. The van der Waals surface area contributed by atoms with E-state index in [9.17, 15) is 13.2 Å². The Bertz CT molecular complexity index is 1180. The number of carbonyl (C=O) groups is 1. The molecular formula is C26H30N4O3S2. The fraction of sp³-hybridized carbons (Fsp3) is 0.269. The van der Waals surface area contributed by atoms with Gasteiger partial charge < -0.3 is 10.6 Å². The average molecular weight is 511 g/mol. The zero-order valence-corrected chi connectivity index (χ0v) is 21.3. The van der Waals surface area contributed by atoms with Gasteiger partial charge in [-0.15, -0.1) is 0 Å². The third kappa shape index (κ3) is 6.36. The van der Waals surface area contributed by atoms with Crippen LogP contribution in [-0.4, -0.2) is 26.5 Å². The topological polar surface area (TPSA) is 99.3 Å². The van der Waals surface area contributed by atoms with Gasteiger partial charge in [0.15, 0.2) is 0 Å². The van der Waals surface area contributed by atoms with Crippen molar-refractivity contribution < 1.29 is 13.2 Å². The van der Waals surface area contributed by atoms with Gasteiger partial charge in [-0.25, -0.2) is 13.1 Å². The van der Waals surface area contributed by atoms with E-state index in [1.807, 2.05) is 86.7 Å². The highest BCUT2D eigenvalue weighted by molar-refractivity contribution is 7.86. The van der Waals surface area contributed by atoms with Crippen LogP contribution in [0.5, 0.6) is 0 Å². The quantitative estimate of drug-likeness (QED) is 0.383. The Morgan fingerprint density at radius 2 is 1.80 bits per heavy atom. The lowest BCUT2D eigenvalue weighted by atomic mass is 10.0. The molecule has 0 bridgehead atoms. The van der Waals surface area contributed by atoms with Crippen LogP contribution in [0, 0.1) is 0 Å². The van der Waals surface area contributed by atoms with Gasteiger partial charge in [-0.1, -0.05) is 54.6 Å². The van der Waals surface area contributed by atoms with Crippen molar-refractivity contribution in [3.63, 3.8) is 0 Å². The molecule has 7 nitrogen and oxygen atoms in total. The summed E-state index contributed by atoms with van der Waals surface area (Å²) in [4.78, 5) is 11.6. The van der Waals surface area contributed by atoms with Crippen LogP contribution in [0.15, 0.2) is 83.8 Å². The lowest BCUT2D eigenvalue weighted by Crippen LogP contribution is -2.47. The molecule has 2 aromatic rings. The zero-order chi connectivity index (χ0) is 24.8. The third-order valence-electron chi connectivity index (χ3n) is 5.95. The number of benzene rings is 2. The molecule has 2 aliphatic heterocycles. The number of anilines is 2. The van der Waals surface area contributed by atoms with Crippen LogP contribution in [0.1, 0.15) is 36.6 Å². The highest BCUT2D eigenvalue weighted by Gasteiger charge is 2.31. The Morgan fingerprint density at radius 3 is 2.37 bits per heavy atom. The molecule has 0 spiro atoms. The number of amides is 1. The first-order valence-corrected chi connectivity index (χ1v) is 13.9. The van der Waals surface area contributed by atoms with Crippen molar-refractivity contribution in [2.45, 2.75) is 44.1 Å². The van der Waals surface area contributed by atoms with Gasteiger partial charge in [0.25, 0.3) is 0 Å². The van der Waals surface area contributed by atoms with Crippen molar-refractivity contribution in [3.8, 4) is 0 Å². The molecule has 0 saturated carbocycles. The van der Waals surface area contributed by atoms with E-state index in [0.717, 1.165) is 28.1 Å². The van der Waals surface area contributed by atoms with Crippen molar-refractivity contribution >= 4 is 39.3 Å². The Kier molecular flexibility index (Phi) is 8.33. The molecular weight excluding hydrogens is 480 g/mol. The highest BCUT2D eigenvalue weighted by atomic mass is 32.2. The summed E-state index contributed by atoms with van der Waals surface area (Å²) in [6.07, 6.45) is 8.39. The minimum atomic E-state index is -1.40. The van der Waals surface area contributed by atoms with E-state index in [1.54, 1.807) is 5.41 Å². The fourth-order valence-corrected chi connectivity index (χ4v) is 6.17. The summed E-state index contributed by atoms with van der Waals surface area (Å²) >= 11 is 0. The number of nitrogens with one attached hydrogen (secondary N) is 4. The lowest BCUT2D eigenvalue weighted by molar-refractivity contribution is -0.118. The maximum absolute atomic E-state index is 12.9. The molecule has 4 N–H and O–H groups in total. The Labute approximate surface area is 211 Å². The molecule has 0 radical (unpaired) electrons. The van der Waals surface area contributed by atoms with Crippen LogP contribution in [0.3, 0.4) is 0 Å². The van der Waals surface area contributed by atoms with Gasteiger partial charge >= 0.3 is 0 Å². The SMILES string of the molecule is C\C=C/C(/C=C/S(=O)NC(Cc1ccc(C2CC(=O)NS2=O)cc1)C1Nc2ccccc2N1)=C\C. The van der Waals surface area contributed by atoms with E-state index in [-0.39, 0.29) is 29.8 Å². The van der Waals surface area contributed by atoms with Gasteiger partial charge in [-0.3, -0.25) is 9.52 Å². The smallest absolute Gasteiger partial charge is 0.233 e. The summed E-state index contributed by atoms with van der Waals surface area (Å²) in [6, 6.07) is 15.6. The van der Waals surface area contributed by atoms with Gasteiger partial charge in [0.2, 0.25) is 5.91 Å². The summed E-state index contributed by atoms with van der Waals surface area (Å²) in [5.74, 6) is -0.189. The Balaban J connectivity index is 1.49. The maximum Gasteiger partial charge on any atom is 0.233 e. The predicted molar refractivity (Wildman–Crippen MR) is 144 cm³/mol. The van der Waals surface area contributed by atoms with E-state index in [2.05, 4.69) is 20.1 Å². The molecule has 2 heterocycles. The first-order chi connectivity index (χ1) is 17.0. The predicted octanol–water partition coefficient (Wildman–Crippen LogP) is 3.98. The molecule has 2 aromatic carbocycles. The highest BCUT2D eigenvalue weighted by Crippen LogP contribution is 2.31. The molecule has 9 heteroatoms. The molecule has 35 heavy (non-hydrogen) atoms. The fourth-order valence-electron chi connectivity index (χ4n) is 4.14. The number of carbonyl (C=O) groups excluding carboxylic acids is 1. The van der Waals surface area contributed by atoms with Crippen molar-refractivity contribution in [2.24, 2.45) is 0 Å². The van der Waals surface area contributed by atoms with Crippen LogP contribution in [0.4, 0.5) is 11.4 Å². The number of allylic oxidation sites excluding steroid dienone is 5. The van der Waals surface area contributed by atoms with E-state index < -0.39 is 22.0 Å². The number of rotatable bonds is 9. The van der Waals surface area contributed by atoms with Crippen molar-refractivity contribution in [1.82, 2.24) is 9.44 Å². The van der Waals surface area contributed by atoms with Crippen molar-refractivity contribution in [2.75, 3.05) is 10.6 Å². The van der Waals surface area contributed by atoms with Crippen LogP contribution >= 0.6 is 0 Å². The van der Waals surface area contributed by atoms with E-state index in [1.165, 1.54) is 0 Å². The molecule has 0 aromatic heterocycles. The van der Waals surface area contributed by atoms with Gasteiger partial charge in [0.05, 0.1) is 22.7 Å². The van der Waals surface area contributed by atoms with Gasteiger partial charge in [0, 0.05) is 11.8 Å². The van der Waals surface area contributed by atoms with E-state index in [0.29, 0.717) is 6.42 Å². The third-order valence-corrected chi connectivity index (χ3v) is 8.25. The summed E-state index contributed by atoms with van der Waals surface area (Å²) in [6.45, 7) is 3.89. The number of hydrogen-bond donors (Lipinski definition) is 4. The molecule has 1 fully saturated rings.